The van der Waals surface area contributed by atoms with Crippen LogP contribution in [0.1, 0.15) is 27.2 Å². The number of carbonyl (C=O) groups excluding carboxylic acids is 2. The van der Waals surface area contributed by atoms with E-state index in [-0.39, 0.29) is 18.0 Å². The molecule has 0 aliphatic carbocycles. The Hall–Kier alpha value is -4.11. The zero-order valence-corrected chi connectivity index (χ0v) is 20.2. The monoisotopic (exact) mass is 493 g/mol. The standard InChI is InChI=1S/C25H24ClN5O4/c1-15-22(24(33)27-12-17-7-5-4-6-8-17)16(2)30-14-28-31(25(34)23(15)30)13-21(32)29-19-11-18(26)9-10-20(19)35-3/h4-11,14H,12-13H2,1-3H3,(H,27,33)(H,29,32). The van der Waals surface area contributed by atoms with E-state index in [1.54, 1.807) is 36.4 Å². The number of nitrogens with zero attached hydrogens (tertiary/aromatic N) is 3. The van der Waals surface area contributed by atoms with Crippen LogP contribution in [0.3, 0.4) is 0 Å². The van der Waals surface area contributed by atoms with Crippen LogP contribution < -0.4 is 20.9 Å². The van der Waals surface area contributed by atoms with Gasteiger partial charge in [-0.15, -0.1) is 0 Å². The zero-order valence-electron chi connectivity index (χ0n) is 19.5. The Balaban J connectivity index is 1.59. The molecular weight excluding hydrogens is 470 g/mol. The number of fused-ring (bicyclic) bond motifs is 1. The van der Waals surface area contributed by atoms with Crippen LogP contribution in [0.5, 0.6) is 5.75 Å². The number of methoxy groups -OCH3 is 1. The number of halogens is 1. The molecule has 10 heteroatoms. The Kier molecular flexibility index (Phi) is 6.88. The van der Waals surface area contributed by atoms with E-state index >= 15 is 0 Å². The number of hydrogen-bond acceptors (Lipinski definition) is 5. The van der Waals surface area contributed by atoms with E-state index in [2.05, 4.69) is 15.7 Å². The fourth-order valence-electron chi connectivity index (χ4n) is 3.97. The maximum atomic E-state index is 13.2. The molecule has 2 heterocycles. The number of aromatic nitrogens is 3. The molecule has 2 aromatic heterocycles. The SMILES string of the molecule is COc1ccc(Cl)cc1NC(=O)Cn1ncn2c(C)c(C(=O)NCc3ccccc3)c(C)c2c1=O. The number of carbonyl (C=O) groups is 2. The van der Waals surface area contributed by atoms with Crippen molar-refractivity contribution < 1.29 is 14.3 Å². The van der Waals surface area contributed by atoms with Gasteiger partial charge in [0.25, 0.3) is 11.5 Å². The van der Waals surface area contributed by atoms with Gasteiger partial charge < -0.3 is 15.4 Å². The number of nitrogens with one attached hydrogen (secondary N) is 2. The van der Waals surface area contributed by atoms with Crippen LogP contribution in [-0.4, -0.2) is 33.1 Å². The van der Waals surface area contributed by atoms with Crippen LogP contribution in [0, 0.1) is 13.8 Å². The summed E-state index contributed by atoms with van der Waals surface area (Å²) in [5, 5.41) is 10.1. The fraction of sp³-hybridized carbons (Fsp3) is 0.200. The first kappa shape index (κ1) is 24.0. The van der Waals surface area contributed by atoms with Crippen LogP contribution in [0.25, 0.3) is 5.52 Å². The third kappa shape index (κ3) is 4.90. The normalized spacial score (nSPS) is 10.9. The van der Waals surface area contributed by atoms with E-state index in [9.17, 15) is 14.4 Å². The molecule has 4 rings (SSSR count). The van der Waals surface area contributed by atoms with Gasteiger partial charge in [0.15, 0.2) is 0 Å². The minimum atomic E-state index is -0.483. The molecule has 4 aromatic rings. The number of anilines is 1. The predicted octanol–water partition coefficient (Wildman–Crippen LogP) is 3.34. The summed E-state index contributed by atoms with van der Waals surface area (Å²) in [6.07, 6.45) is 1.43. The first-order valence-corrected chi connectivity index (χ1v) is 11.2. The largest absolute Gasteiger partial charge is 0.495 e. The van der Waals surface area contributed by atoms with Gasteiger partial charge >= 0.3 is 0 Å². The summed E-state index contributed by atoms with van der Waals surface area (Å²) in [5.41, 5.74) is 2.67. The fourth-order valence-corrected chi connectivity index (χ4v) is 4.14. The Morgan fingerprint density at radius 2 is 1.86 bits per heavy atom. The Morgan fingerprint density at radius 1 is 1.11 bits per heavy atom. The van der Waals surface area contributed by atoms with Gasteiger partial charge in [-0.05, 0) is 43.2 Å². The van der Waals surface area contributed by atoms with Gasteiger partial charge in [0.05, 0.1) is 18.4 Å². The quantitative estimate of drug-likeness (QED) is 0.410. The maximum absolute atomic E-state index is 13.2. The van der Waals surface area contributed by atoms with E-state index in [4.69, 9.17) is 16.3 Å². The topological polar surface area (TPSA) is 107 Å². The van der Waals surface area contributed by atoms with Crippen molar-refractivity contribution in [3.05, 3.63) is 92.6 Å². The van der Waals surface area contributed by atoms with Gasteiger partial charge in [0, 0.05) is 17.3 Å². The van der Waals surface area contributed by atoms with Crippen LogP contribution in [0.4, 0.5) is 5.69 Å². The number of hydrogen-bond donors (Lipinski definition) is 2. The highest BCUT2D eigenvalue weighted by molar-refractivity contribution is 6.31. The summed E-state index contributed by atoms with van der Waals surface area (Å²) in [5.74, 6) is -0.335. The molecule has 0 aliphatic rings. The van der Waals surface area contributed by atoms with Crippen LogP contribution >= 0.6 is 11.6 Å². The summed E-state index contributed by atoms with van der Waals surface area (Å²) in [6.45, 7) is 3.49. The first-order valence-electron chi connectivity index (χ1n) is 10.8. The lowest BCUT2D eigenvalue weighted by Crippen LogP contribution is -2.31. The molecule has 0 saturated carbocycles. The molecule has 35 heavy (non-hydrogen) atoms. The molecule has 0 spiro atoms. The third-order valence-corrected chi connectivity index (χ3v) is 5.92. The molecule has 2 aromatic carbocycles. The maximum Gasteiger partial charge on any atom is 0.291 e. The lowest BCUT2D eigenvalue weighted by molar-refractivity contribution is -0.117. The molecular formula is C25H24ClN5O4. The molecule has 180 valence electrons. The van der Waals surface area contributed by atoms with Crippen LogP contribution in [0.15, 0.2) is 59.7 Å². The number of rotatable bonds is 7. The highest BCUT2D eigenvalue weighted by atomic mass is 35.5. The van der Waals surface area contributed by atoms with E-state index in [0.29, 0.717) is 39.8 Å². The van der Waals surface area contributed by atoms with Gasteiger partial charge in [-0.1, -0.05) is 41.9 Å². The zero-order chi connectivity index (χ0) is 25.1. The first-order chi connectivity index (χ1) is 16.8. The molecule has 0 aliphatic heterocycles. The van der Waals surface area contributed by atoms with Crippen molar-refractivity contribution >= 4 is 34.6 Å². The van der Waals surface area contributed by atoms with Crippen molar-refractivity contribution in [2.75, 3.05) is 12.4 Å². The van der Waals surface area contributed by atoms with E-state index in [0.717, 1.165) is 10.2 Å². The predicted molar refractivity (Wildman–Crippen MR) is 133 cm³/mol. The molecule has 0 bridgehead atoms. The van der Waals surface area contributed by atoms with Crippen molar-refractivity contribution in [3.8, 4) is 5.75 Å². The molecule has 0 unspecified atom stereocenters. The third-order valence-electron chi connectivity index (χ3n) is 5.69. The Bertz CT molecular complexity index is 1480. The van der Waals surface area contributed by atoms with E-state index in [1.165, 1.54) is 13.4 Å². The van der Waals surface area contributed by atoms with Gasteiger partial charge in [0.2, 0.25) is 5.91 Å². The van der Waals surface area contributed by atoms with Crippen molar-refractivity contribution in [3.63, 3.8) is 0 Å². The second-order valence-electron chi connectivity index (χ2n) is 7.96. The second kappa shape index (κ2) is 10.0. The van der Waals surface area contributed by atoms with Gasteiger partial charge in [-0.3, -0.25) is 18.8 Å². The van der Waals surface area contributed by atoms with E-state index < -0.39 is 11.5 Å². The summed E-state index contributed by atoms with van der Waals surface area (Å²) >= 11 is 6.02. The van der Waals surface area contributed by atoms with Crippen molar-refractivity contribution in [1.29, 1.82) is 0 Å². The molecule has 2 N–H and O–H groups in total. The molecule has 0 atom stereocenters. The van der Waals surface area contributed by atoms with Gasteiger partial charge in [-0.2, -0.15) is 5.10 Å². The molecule has 0 saturated heterocycles. The van der Waals surface area contributed by atoms with Crippen LogP contribution in [-0.2, 0) is 17.9 Å². The highest BCUT2D eigenvalue weighted by Crippen LogP contribution is 2.27. The number of benzene rings is 2. The molecule has 0 fully saturated rings. The van der Waals surface area contributed by atoms with Crippen molar-refractivity contribution in [1.82, 2.24) is 19.5 Å². The molecule has 2 amide bonds. The molecule has 0 radical (unpaired) electrons. The van der Waals surface area contributed by atoms with Crippen molar-refractivity contribution in [2.45, 2.75) is 26.9 Å². The average molecular weight is 494 g/mol. The van der Waals surface area contributed by atoms with Gasteiger partial charge in [0.1, 0.15) is 24.1 Å². The average Bonchev–Trinajstić information content (AvgIpc) is 3.10. The lowest BCUT2D eigenvalue weighted by atomic mass is 10.1. The van der Waals surface area contributed by atoms with Crippen molar-refractivity contribution in [2.24, 2.45) is 0 Å². The minimum Gasteiger partial charge on any atom is -0.495 e. The van der Waals surface area contributed by atoms with E-state index in [1.807, 2.05) is 30.3 Å². The Labute approximate surface area is 206 Å². The number of amides is 2. The highest BCUT2D eigenvalue weighted by Gasteiger charge is 2.22. The number of aryl methyl sites for hydroxylation is 2. The smallest absolute Gasteiger partial charge is 0.291 e. The van der Waals surface area contributed by atoms with Crippen LogP contribution in [0.2, 0.25) is 5.02 Å². The lowest BCUT2D eigenvalue weighted by Gasteiger charge is -2.11. The minimum absolute atomic E-state index is 0.287. The molecule has 9 nitrogen and oxygen atoms in total. The summed E-state index contributed by atoms with van der Waals surface area (Å²) in [7, 11) is 1.48. The Morgan fingerprint density at radius 3 is 2.57 bits per heavy atom. The summed E-state index contributed by atoms with van der Waals surface area (Å²) in [4.78, 5) is 38.8. The number of ether oxygens (including phenoxy) is 1. The summed E-state index contributed by atoms with van der Waals surface area (Å²) in [6, 6.07) is 14.4. The second-order valence-corrected chi connectivity index (χ2v) is 8.40. The summed E-state index contributed by atoms with van der Waals surface area (Å²) < 4.78 is 7.86. The van der Waals surface area contributed by atoms with Gasteiger partial charge in [-0.25, -0.2) is 4.68 Å².